The summed E-state index contributed by atoms with van der Waals surface area (Å²) in [5.74, 6) is 0.835. The first-order valence-electron chi connectivity index (χ1n) is 6.89. The first-order chi connectivity index (χ1) is 9.52. The van der Waals surface area contributed by atoms with Gasteiger partial charge in [-0.3, -0.25) is 4.79 Å². The van der Waals surface area contributed by atoms with Crippen LogP contribution in [0.1, 0.15) is 24.6 Å². The van der Waals surface area contributed by atoms with Crippen molar-refractivity contribution in [3.63, 3.8) is 0 Å². The van der Waals surface area contributed by atoms with Crippen LogP contribution < -0.4 is 4.90 Å². The van der Waals surface area contributed by atoms with Crippen LogP contribution in [0.3, 0.4) is 0 Å². The van der Waals surface area contributed by atoms with Gasteiger partial charge in [-0.05, 0) is 6.42 Å². The number of amides is 1. The van der Waals surface area contributed by atoms with Crippen LogP contribution in [0.2, 0.25) is 0 Å². The van der Waals surface area contributed by atoms with Crippen molar-refractivity contribution in [2.24, 2.45) is 0 Å². The van der Waals surface area contributed by atoms with Crippen LogP contribution >= 0.6 is 0 Å². The molecule has 1 fully saturated rings. The Morgan fingerprint density at radius 2 is 2.30 bits per heavy atom. The Morgan fingerprint density at radius 1 is 1.50 bits per heavy atom. The molecule has 6 nitrogen and oxygen atoms in total. The Balaban J connectivity index is 2.01. The van der Waals surface area contributed by atoms with E-state index in [4.69, 9.17) is 9.72 Å². The molecule has 1 amide bonds. The predicted octanol–water partition coefficient (Wildman–Crippen LogP) is 0.563. The summed E-state index contributed by atoms with van der Waals surface area (Å²) in [6, 6.07) is 0. The van der Waals surface area contributed by atoms with Crippen molar-refractivity contribution in [1.29, 1.82) is 0 Å². The van der Waals surface area contributed by atoms with Crippen LogP contribution in [0.4, 0.5) is 5.95 Å². The van der Waals surface area contributed by atoms with E-state index >= 15 is 0 Å². The topological polar surface area (TPSA) is 58.6 Å². The maximum Gasteiger partial charge on any atom is 0.225 e. The maximum absolute atomic E-state index is 11.6. The number of fused-ring (bicyclic) bond motifs is 2. The molecule has 1 aromatic heterocycles. The summed E-state index contributed by atoms with van der Waals surface area (Å²) in [6.45, 7) is 4.28. The van der Waals surface area contributed by atoms with E-state index in [1.165, 1.54) is 0 Å². The molecule has 0 saturated carbocycles. The highest BCUT2D eigenvalue weighted by atomic mass is 16.5. The second-order valence-electron chi connectivity index (χ2n) is 5.90. The molecule has 108 valence electrons. The number of rotatable bonds is 1. The van der Waals surface area contributed by atoms with E-state index in [1.807, 2.05) is 30.1 Å². The van der Waals surface area contributed by atoms with Gasteiger partial charge < -0.3 is 14.5 Å². The Bertz CT molecular complexity index is 546. The van der Waals surface area contributed by atoms with E-state index in [0.29, 0.717) is 25.7 Å². The lowest BCUT2D eigenvalue weighted by Gasteiger charge is -2.34. The monoisotopic (exact) mass is 276 g/mol. The van der Waals surface area contributed by atoms with Crippen LogP contribution in [0, 0.1) is 0 Å². The van der Waals surface area contributed by atoms with Gasteiger partial charge >= 0.3 is 0 Å². The third kappa shape index (κ3) is 2.04. The van der Waals surface area contributed by atoms with E-state index in [9.17, 15) is 4.79 Å². The van der Waals surface area contributed by atoms with Gasteiger partial charge in [0.15, 0.2) is 0 Å². The van der Waals surface area contributed by atoms with Crippen LogP contribution in [0.25, 0.3) is 0 Å². The Kier molecular flexibility index (Phi) is 3.12. The molecule has 0 aliphatic carbocycles. The molecule has 20 heavy (non-hydrogen) atoms. The molecule has 0 radical (unpaired) electrons. The molecule has 0 bridgehead atoms. The van der Waals surface area contributed by atoms with Gasteiger partial charge in [0.2, 0.25) is 11.9 Å². The second-order valence-corrected chi connectivity index (χ2v) is 5.90. The lowest BCUT2D eigenvalue weighted by atomic mass is 9.80. The van der Waals surface area contributed by atoms with E-state index in [2.05, 4.69) is 4.98 Å². The number of anilines is 1. The average Bonchev–Trinajstić information content (AvgIpc) is 2.84. The molecule has 1 aromatic rings. The number of likely N-dealkylation sites (tertiary alicyclic amines) is 1. The van der Waals surface area contributed by atoms with Gasteiger partial charge in [-0.25, -0.2) is 9.97 Å². The number of ether oxygens (including phenoxy) is 1. The minimum Gasteiger partial charge on any atom is -0.376 e. The number of aromatic nitrogens is 2. The zero-order chi connectivity index (χ0) is 14.3. The molecule has 0 N–H and O–H groups in total. The van der Waals surface area contributed by atoms with Crippen molar-refractivity contribution >= 4 is 11.9 Å². The predicted molar refractivity (Wildman–Crippen MR) is 74.6 cm³/mol. The number of carbonyl (C=O) groups is 1. The molecular weight excluding hydrogens is 256 g/mol. The van der Waals surface area contributed by atoms with Crippen molar-refractivity contribution in [3.05, 3.63) is 17.5 Å². The summed E-state index contributed by atoms with van der Waals surface area (Å²) >= 11 is 0. The minimum absolute atomic E-state index is 0.121. The highest BCUT2D eigenvalue weighted by Gasteiger charge is 2.45. The molecule has 1 atom stereocenters. The molecule has 1 unspecified atom stereocenters. The van der Waals surface area contributed by atoms with Crippen molar-refractivity contribution in [1.82, 2.24) is 14.9 Å². The minimum atomic E-state index is -0.160. The first kappa shape index (κ1) is 13.3. The molecule has 2 aliphatic heterocycles. The number of nitrogens with zero attached hydrogens (tertiary/aromatic N) is 4. The van der Waals surface area contributed by atoms with Gasteiger partial charge in [0.05, 0.1) is 24.3 Å². The zero-order valence-corrected chi connectivity index (χ0v) is 12.2. The summed E-state index contributed by atoms with van der Waals surface area (Å²) in [6.07, 6.45) is 2.76. The summed E-state index contributed by atoms with van der Waals surface area (Å²) in [7, 11) is 3.87. The zero-order valence-electron chi connectivity index (χ0n) is 12.2. The van der Waals surface area contributed by atoms with Gasteiger partial charge in [-0.15, -0.1) is 0 Å². The number of hydrogen-bond acceptors (Lipinski definition) is 5. The van der Waals surface area contributed by atoms with E-state index in [1.54, 1.807) is 6.92 Å². The smallest absolute Gasteiger partial charge is 0.225 e. The lowest BCUT2D eigenvalue weighted by Crippen LogP contribution is -2.41. The SMILES string of the molecule is CC(=O)N1CCC2(COCc3cnc(N(C)C)nc32)C1. The van der Waals surface area contributed by atoms with Gasteiger partial charge in [0.25, 0.3) is 0 Å². The van der Waals surface area contributed by atoms with Crippen LogP contribution in [0.15, 0.2) is 6.20 Å². The highest BCUT2D eigenvalue weighted by Crippen LogP contribution is 2.39. The van der Waals surface area contributed by atoms with E-state index < -0.39 is 0 Å². The van der Waals surface area contributed by atoms with Crippen LogP contribution in [-0.2, 0) is 21.6 Å². The van der Waals surface area contributed by atoms with E-state index in [-0.39, 0.29) is 11.3 Å². The Labute approximate surface area is 118 Å². The first-order valence-corrected chi connectivity index (χ1v) is 6.89. The largest absolute Gasteiger partial charge is 0.376 e. The Hall–Kier alpha value is -1.69. The third-order valence-corrected chi connectivity index (χ3v) is 4.19. The van der Waals surface area contributed by atoms with Crippen LogP contribution in [-0.4, -0.2) is 54.6 Å². The highest BCUT2D eigenvalue weighted by molar-refractivity contribution is 5.73. The fraction of sp³-hybridized carbons (Fsp3) is 0.643. The molecule has 1 spiro atoms. The van der Waals surface area contributed by atoms with Gasteiger partial charge in [-0.1, -0.05) is 0 Å². The Morgan fingerprint density at radius 3 is 2.95 bits per heavy atom. The van der Waals surface area contributed by atoms with Crippen molar-refractivity contribution in [3.8, 4) is 0 Å². The standard InChI is InChI=1S/C14H20N4O2/c1-10(19)18-5-4-14(8-18)9-20-7-11-6-15-13(17(2)3)16-12(11)14/h6H,4-5,7-9H2,1-3H3. The van der Waals surface area contributed by atoms with E-state index in [0.717, 1.165) is 24.2 Å². The quantitative estimate of drug-likeness (QED) is 0.750. The second kappa shape index (κ2) is 4.70. The van der Waals surface area contributed by atoms with Gasteiger partial charge in [0.1, 0.15) is 0 Å². The molecule has 0 aromatic carbocycles. The summed E-state index contributed by atoms with van der Waals surface area (Å²) < 4.78 is 5.73. The molecule has 1 saturated heterocycles. The maximum atomic E-state index is 11.6. The van der Waals surface area contributed by atoms with Gasteiger partial charge in [0, 0.05) is 45.9 Å². The summed E-state index contributed by atoms with van der Waals surface area (Å²) in [4.78, 5) is 24.5. The molecule has 6 heteroatoms. The lowest BCUT2D eigenvalue weighted by molar-refractivity contribution is -0.128. The summed E-state index contributed by atoms with van der Waals surface area (Å²) in [5, 5.41) is 0. The molecule has 3 rings (SSSR count). The normalized spacial score (nSPS) is 24.9. The number of hydrogen-bond donors (Lipinski definition) is 0. The average molecular weight is 276 g/mol. The number of carbonyl (C=O) groups excluding carboxylic acids is 1. The summed E-state index contributed by atoms with van der Waals surface area (Å²) in [5.41, 5.74) is 1.95. The fourth-order valence-corrected chi connectivity index (χ4v) is 3.05. The van der Waals surface area contributed by atoms with Crippen molar-refractivity contribution < 1.29 is 9.53 Å². The third-order valence-electron chi connectivity index (χ3n) is 4.19. The molecule has 2 aliphatic rings. The van der Waals surface area contributed by atoms with Gasteiger partial charge in [-0.2, -0.15) is 0 Å². The van der Waals surface area contributed by atoms with Crippen LogP contribution in [0.5, 0.6) is 0 Å². The van der Waals surface area contributed by atoms with Crippen molar-refractivity contribution in [2.45, 2.75) is 25.4 Å². The fourth-order valence-electron chi connectivity index (χ4n) is 3.05. The molecular formula is C14H20N4O2. The molecule has 3 heterocycles. The van der Waals surface area contributed by atoms with Crippen molar-refractivity contribution in [2.75, 3.05) is 38.7 Å².